The molecule has 7 heteroatoms. The first-order chi connectivity index (χ1) is 9.46. The lowest BCUT2D eigenvalue weighted by Crippen LogP contribution is -2.40. The monoisotopic (exact) mass is 317 g/mol. The zero-order valence-electron chi connectivity index (χ0n) is 12.1. The predicted octanol–water partition coefficient (Wildman–Crippen LogP) is 1.47. The molecule has 5 nitrogen and oxygen atoms in total. The molecule has 1 atom stereocenters. The molecule has 1 N–H and O–H groups in total. The third kappa shape index (κ3) is 5.12. The Morgan fingerprint density at radius 1 is 1.55 bits per heavy atom. The summed E-state index contributed by atoms with van der Waals surface area (Å²) in [5.74, 6) is 0.405. The minimum atomic E-state index is -3.08. The maximum atomic E-state index is 11.1. The Bertz CT molecular complexity index is 527. The number of nitrogens with zero attached hydrogens (tertiary/aromatic N) is 2. The molecule has 0 aliphatic carbocycles. The third-order valence-corrected chi connectivity index (χ3v) is 5.26. The Balaban J connectivity index is 1.83. The number of piperidine rings is 1. The van der Waals surface area contributed by atoms with Crippen molar-refractivity contribution in [2.45, 2.75) is 32.7 Å². The molecule has 0 unspecified atom stereocenters. The first-order valence-corrected chi connectivity index (χ1v) is 9.83. The average Bonchev–Trinajstić information content (AvgIpc) is 2.84. The molecule has 2 heterocycles. The van der Waals surface area contributed by atoms with Gasteiger partial charge in [0.15, 0.2) is 0 Å². The van der Waals surface area contributed by atoms with Gasteiger partial charge in [-0.15, -0.1) is 11.3 Å². The van der Waals surface area contributed by atoms with Crippen molar-refractivity contribution in [3.63, 3.8) is 0 Å². The maximum Gasteiger partial charge on any atom is 0.208 e. The molecule has 0 bridgehead atoms. The highest BCUT2D eigenvalue weighted by molar-refractivity contribution is 7.88. The fraction of sp³-hybridized carbons (Fsp3) is 0.769. The number of aromatic nitrogens is 1. The Morgan fingerprint density at radius 2 is 2.35 bits per heavy atom. The van der Waals surface area contributed by atoms with Gasteiger partial charge >= 0.3 is 0 Å². The molecule has 0 amide bonds. The molecular formula is C13H23N3O2S2. The second-order valence-electron chi connectivity index (χ2n) is 5.45. The van der Waals surface area contributed by atoms with Crippen molar-refractivity contribution in [2.24, 2.45) is 5.92 Å². The van der Waals surface area contributed by atoms with Crippen LogP contribution in [0.2, 0.25) is 0 Å². The average molecular weight is 317 g/mol. The van der Waals surface area contributed by atoms with Crippen LogP contribution in [0.5, 0.6) is 0 Å². The van der Waals surface area contributed by atoms with E-state index in [0.29, 0.717) is 12.5 Å². The lowest BCUT2D eigenvalue weighted by molar-refractivity contribution is 0.167. The predicted molar refractivity (Wildman–Crippen MR) is 82.3 cm³/mol. The fourth-order valence-corrected chi connectivity index (χ4v) is 3.82. The molecule has 0 spiro atoms. The van der Waals surface area contributed by atoms with E-state index in [0.717, 1.165) is 44.6 Å². The topological polar surface area (TPSA) is 62.3 Å². The van der Waals surface area contributed by atoms with Crippen LogP contribution in [0.3, 0.4) is 0 Å². The van der Waals surface area contributed by atoms with Crippen LogP contribution in [0, 0.1) is 5.92 Å². The molecule has 0 aromatic carbocycles. The summed E-state index contributed by atoms with van der Waals surface area (Å²) in [7, 11) is -3.08. The van der Waals surface area contributed by atoms with Crippen molar-refractivity contribution in [1.29, 1.82) is 0 Å². The van der Waals surface area contributed by atoms with Gasteiger partial charge < -0.3 is 0 Å². The number of likely N-dealkylation sites (tertiary alicyclic amines) is 1. The summed E-state index contributed by atoms with van der Waals surface area (Å²) in [6, 6.07) is 0. The van der Waals surface area contributed by atoms with Crippen molar-refractivity contribution in [1.82, 2.24) is 14.6 Å². The molecule has 1 aromatic rings. The Kier molecular flexibility index (Phi) is 5.54. The summed E-state index contributed by atoms with van der Waals surface area (Å²) in [5, 5.41) is 3.32. The number of nitrogens with one attached hydrogen (secondary N) is 1. The van der Waals surface area contributed by atoms with Crippen LogP contribution in [0.25, 0.3) is 0 Å². The summed E-state index contributed by atoms with van der Waals surface area (Å²) < 4.78 is 24.9. The number of rotatable bonds is 6. The highest BCUT2D eigenvalue weighted by atomic mass is 32.2. The number of thiazole rings is 1. The molecule has 0 saturated carbocycles. The van der Waals surface area contributed by atoms with Crippen molar-refractivity contribution < 1.29 is 8.42 Å². The zero-order chi connectivity index (χ0) is 14.6. The quantitative estimate of drug-likeness (QED) is 0.863. The van der Waals surface area contributed by atoms with Crippen LogP contribution in [0.15, 0.2) is 5.38 Å². The molecule has 1 aliphatic heterocycles. The number of hydrogen-bond acceptors (Lipinski definition) is 5. The lowest BCUT2D eigenvalue weighted by Gasteiger charge is -2.32. The van der Waals surface area contributed by atoms with Crippen molar-refractivity contribution in [3.8, 4) is 0 Å². The van der Waals surface area contributed by atoms with Crippen LogP contribution >= 0.6 is 11.3 Å². The first kappa shape index (κ1) is 15.9. The standard InChI is InChI=1S/C13H23N3O2S2/c1-3-13-15-12(10-19-13)9-16-6-4-5-11(8-16)7-14-20(2,17)18/h10-11,14H,3-9H2,1-2H3/t11-/m0/s1. The van der Waals surface area contributed by atoms with Gasteiger partial charge in [0, 0.05) is 25.0 Å². The molecule has 20 heavy (non-hydrogen) atoms. The van der Waals surface area contributed by atoms with E-state index in [4.69, 9.17) is 0 Å². The Morgan fingerprint density at radius 3 is 3.00 bits per heavy atom. The normalized spacial score (nSPS) is 21.2. The van der Waals surface area contributed by atoms with E-state index < -0.39 is 10.0 Å². The molecular weight excluding hydrogens is 294 g/mol. The van der Waals surface area contributed by atoms with E-state index in [1.165, 1.54) is 11.3 Å². The lowest BCUT2D eigenvalue weighted by atomic mass is 9.98. The minimum absolute atomic E-state index is 0.405. The summed E-state index contributed by atoms with van der Waals surface area (Å²) >= 11 is 1.72. The largest absolute Gasteiger partial charge is 0.297 e. The van der Waals surface area contributed by atoms with Crippen LogP contribution in [-0.4, -0.2) is 44.2 Å². The third-order valence-electron chi connectivity index (χ3n) is 3.52. The van der Waals surface area contributed by atoms with E-state index in [2.05, 4.69) is 26.9 Å². The van der Waals surface area contributed by atoms with Gasteiger partial charge in [-0.1, -0.05) is 6.92 Å². The maximum absolute atomic E-state index is 11.1. The van der Waals surface area contributed by atoms with Gasteiger partial charge in [-0.2, -0.15) is 0 Å². The zero-order valence-corrected chi connectivity index (χ0v) is 13.8. The summed E-state index contributed by atoms with van der Waals surface area (Å²) in [4.78, 5) is 6.98. The van der Waals surface area contributed by atoms with Crippen LogP contribution < -0.4 is 4.72 Å². The molecule has 1 aromatic heterocycles. The summed E-state index contributed by atoms with van der Waals surface area (Å²) in [5.41, 5.74) is 1.14. The molecule has 0 radical (unpaired) electrons. The van der Waals surface area contributed by atoms with E-state index >= 15 is 0 Å². The molecule has 1 fully saturated rings. The van der Waals surface area contributed by atoms with Crippen LogP contribution in [-0.2, 0) is 23.0 Å². The Labute approximate surface area is 125 Å². The van der Waals surface area contributed by atoms with Gasteiger partial charge in [0.2, 0.25) is 10.0 Å². The summed E-state index contributed by atoms with van der Waals surface area (Å²) in [6.07, 6.45) is 4.43. The number of sulfonamides is 1. The van der Waals surface area contributed by atoms with Crippen LogP contribution in [0.4, 0.5) is 0 Å². The number of hydrogen-bond donors (Lipinski definition) is 1. The number of aryl methyl sites for hydroxylation is 1. The first-order valence-electron chi connectivity index (χ1n) is 7.06. The molecule has 1 saturated heterocycles. The second-order valence-corrected chi connectivity index (χ2v) is 8.23. The van der Waals surface area contributed by atoms with Gasteiger partial charge in [-0.3, -0.25) is 4.90 Å². The smallest absolute Gasteiger partial charge is 0.208 e. The van der Waals surface area contributed by atoms with Gasteiger partial charge in [0.25, 0.3) is 0 Å². The van der Waals surface area contributed by atoms with Gasteiger partial charge in [-0.05, 0) is 31.7 Å². The fourth-order valence-electron chi connectivity index (χ4n) is 2.54. The molecule has 114 valence electrons. The molecule has 1 aliphatic rings. The van der Waals surface area contributed by atoms with E-state index in [9.17, 15) is 8.42 Å². The SMILES string of the molecule is CCc1nc(CN2CCC[C@@H](CNS(C)(=O)=O)C2)cs1. The van der Waals surface area contributed by atoms with Gasteiger partial charge in [-0.25, -0.2) is 18.1 Å². The van der Waals surface area contributed by atoms with Crippen LogP contribution in [0.1, 0.15) is 30.5 Å². The van der Waals surface area contributed by atoms with E-state index in [1.54, 1.807) is 11.3 Å². The molecule has 2 rings (SSSR count). The minimum Gasteiger partial charge on any atom is -0.297 e. The Hall–Kier alpha value is -0.500. The second kappa shape index (κ2) is 6.98. The van der Waals surface area contributed by atoms with Crippen molar-refractivity contribution in [2.75, 3.05) is 25.9 Å². The van der Waals surface area contributed by atoms with Crippen molar-refractivity contribution >= 4 is 21.4 Å². The van der Waals surface area contributed by atoms with E-state index in [1.807, 2.05) is 0 Å². The van der Waals surface area contributed by atoms with E-state index in [-0.39, 0.29) is 0 Å². The highest BCUT2D eigenvalue weighted by Crippen LogP contribution is 2.19. The van der Waals surface area contributed by atoms with Crippen molar-refractivity contribution in [3.05, 3.63) is 16.1 Å². The van der Waals surface area contributed by atoms with Gasteiger partial charge in [0.1, 0.15) is 0 Å². The summed E-state index contributed by atoms with van der Waals surface area (Å²) in [6.45, 7) is 5.57. The highest BCUT2D eigenvalue weighted by Gasteiger charge is 2.21. The van der Waals surface area contributed by atoms with Gasteiger partial charge in [0.05, 0.1) is 17.0 Å².